The lowest BCUT2D eigenvalue weighted by Crippen LogP contribution is -2.20. The van der Waals surface area contributed by atoms with Crippen molar-refractivity contribution in [2.24, 2.45) is 5.73 Å². The Morgan fingerprint density at radius 1 is 1.17 bits per heavy atom. The summed E-state index contributed by atoms with van der Waals surface area (Å²) in [6.45, 7) is 1.60. The van der Waals surface area contributed by atoms with E-state index in [0.29, 0.717) is 10.3 Å². The number of halogens is 3. The summed E-state index contributed by atoms with van der Waals surface area (Å²) in [5.74, 6) is -0.602. The molecular formula is C22H21F3N6O3S. The summed E-state index contributed by atoms with van der Waals surface area (Å²) < 4.78 is 67.6. The van der Waals surface area contributed by atoms with E-state index in [2.05, 4.69) is 20.1 Å². The van der Waals surface area contributed by atoms with E-state index >= 15 is 0 Å². The molecule has 3 aromatic rings. The van der Waals surface area contributed by atoms with E-state index < -0.39 is 27.8 Å². The number of amides is 1. The van der Waals surface area contributed by atoms with Crippen molar-refractivity contribution < 1.29 is 26.4 Å². The minimum atomic E-state index is -4.68. The van der Waals surface area contributed by atoms with Crippen LogP contribution >= 0.6 is 0 Å². The van der Waals surface area contributed by atoms with Crippen LogP contribution in [-0.4, -0.2) is 36.1 Å². The van der Waals surface area contributed by atoms with Gasteiger partial charge in [-0.2, -0.15) is 18.3 Å². The van der Waals surface area contributed by atoms with E-state index in [1.54, 1.807) is 6.92 Å². The predicted molar refractivity (Wildman–Crippen MR) is 124 cm³/mol. The van der Waals surface area contributed by atoms with E-state index in [-0.39, 0.29) is 27.7 Å². The van der Waals surface area contributed by atoms with Gasteiger partial charge in [0.1, 0.15) is 11.5 Å². The van der Waals surface area contributed by atoms with Gasteiger partial charge in [0.2, 0.25) is 10.0 Å². The zero-order chi connectivity index (χ0) is 25.8. The van der Waals surface area contributed by atoms with Gasteiger partial charge >= 0.3 is 6.18 Å². The number of allylic oxidation sites excluding steroid dienone is 3. The second kappa shape index (κ2) is 10.1. The number of pyridine rings is 1. The molecule has 2 aromatic heterocycles. The summed E-state index contributed by atoms with van der Waals surface area (Å²) >= 11 is 0. The van der Waals surface area contributed by atoms with Gasteiger partial charge in [0, 0.05) is 5.56 Å². The standard InChI is InChI=1S/C22H21F3N6O3S/c1-14(5-4-10-26)18-12-19(22(23,24)25)31(30-18)16-8-9-20(28-13-16)29-21(32)15-6-3-7-17(11-15)35(33,34)27-2/h3-13,27H,26H2,1-2H3,(H,28,29,32)/b10-4-,14-5+. The lowest BCUT2D eigenvalue weighted by atomic mass is 10.2. The zero-order valence-electron chi connectivity index (χ0n) is 18.5. The minimum absolute atomic E-state index is 0.0193. The van der Waals surface area contributed by atoms with Gasteiger partial charge in [-0.15, -0.1) is 0 Å². The first-order chi connectivity index (χ1) is 16.5. The molecule has 0 spiro atoms. The lowest BCUT2D eigenvalue weighted by Gasteiger charge is -2.11. The molecule has 0 fully saturated rings. The molecule has 4 N–H and O–H groups in total. The largest absolute Gasteiger partial charge is 0.433 e. The first kappa shape index (κ1) is 25.6. The molecule has 1 amide bonds. The molecule has 0 radical (unpaired) electrons. The number of carbonyl (C=O) groups excluding carboxylic acids is 1. The monoisotopic (exact) mass is 506 g/mol. The molecule has 9 nitrogen and oxygen atoms in total. The Labute approximate surface area is 199 Å². The smallest absolute Gasteiger partial charge is 0.405 e. The molecular weight excluding hydrogens is 485 g/mol. The number of alkyl halides is 3. The molecule has 13 heteroatoms. The molecule has 0 atom stereocenters. The normalized spacial score (nSPS) is 12.8. The number of hydrogen-bond acceptors (Lipinski definition) is 6. The van der Waals surface area contributed by atoms with Crippen molar-refractivity contribution in [1.29, 1.82) is 0 Å². The highest BCUT2D eigenvalue weighted by Gasteiger charge is 2.36. The molecule has 0 saturated carbocycles. The van der Waals surface area contributed by atoms with Crippen molar-refractivity contribution >= 4 is 27.3 Å². The van der Waals surface area contributed by atoms with Crippen LogP contribution in [0.1, 0.15) is 28.7 Å². The van der Waals surface area contributed by atoms with Crippen LogP contribution in [0, 0.1) is 0 Å². The third-order valence-corrected chi connectivity index (χ3v) is 6.18. The van der Waals surface area contributed by atoms with Crippen LogP contribution in [-0.2, 0) is 16.2 Å². The fraction of sp³-hybridized carbons (Fsp3) is 0.136. The molecule has 2 heterocycles. The summed E-state index contributed by atoms with van der Waals surface area (Å²) in [5, 5.41) is 6.52. The number of nitrogens with zero attached hydrogens (tertiary/aromatic N) is 3. The van der Waals surface area contributed by atoms with Gasteiger partial charge in [-0.3, -0.25) is 4.79 Å². The Bertz CT molecular complexity index is 1390. The third kappa shape index (κ3) is 5.94. The van der Waals surface area contributed by atoms with E-state index in [1.807, 2.05) is 0 Å². The summed E-state index contributed by atoms with van der Waals surface area (Å²) in [4.78, 5) is 16.4. The number of rotatable bonds is 7. The zero-order valence-corrected chi connectivity index (χ0v) is 19.4. The second-order valence-electron chi connectivity index (χ2n) is 7.15. The van der Waals surface area contributed by atoms with Gasteiger partial charge in [0.05, 0.1) is 22.5 Å². The van der Waals surface area contributed by atoms with Crippen molar-refractivity contribution in [3.63, 3.8) is 0 Å². The number of carbonyl (C=O) groups is 1. The molecule has 3 rings (SSSR count). The van der Waals surface area contributed by atoms with E-state index in [1.165, 1.54) is 61.8 Å². The van der Waals surface area contributed by atoms with Crippen molar-refractivity contribution in [3.05, 3.63) is 84.0 Å². The van der Waals surface area contributed by atoms with Gasteiger partial charge in [-0.1, -0.05) is 12.1 Å². The fourth-order valence-electron chi connectivity index (χ4n) is 2.95. The number of nitrogens with two attached hydrogens (primary N) is 1. The average molecular weight is 507 g/mol. The molecule has 0 aliphatic heterocycles. The van der Waals surface area contributed by atoms with Gasteiger partial charge in [-0.25, -0.2) is 22.8 Å². The Balaban J connectivity index is 1.88. The highest BCUT2D eigenvalue weighted by Crippen LogP contribution is 2.33. The summed E-state index contributed by atoms with van der Waals surface area (Å²) in [5.41, 5.74) is 4.91. The Hall–Kier alpha value is -3.97. The van der Waals surface area contributed by atoms with Crippen LogP contribution in [0.3, 0.4) is 0 Å². The lowest BCUT2D eigenvalue weighted by molar-refractivity contribution is -0.142. The summed E-state index contributed by atoms with van der Waals surface area (Å²) in [6, 6.07) is 8.87. The topological polar surface area (TPSA) is 132 Å². The van der Waals surface area contributed by atoms with Crippen LogP contribution in [0.2, 0.25) is 0 Å². The summed E-state index contributed by atoms with van der Waals surface area (Å²) in [7, 11) is -2.51. The Kier molecular flexibility index (Phi) is 7.41. The fourth-order valence-corrected chi connectivity index (χ4v) is 3.73. The van der Waals surface area contributed by atoms with Crippen molar-refractivity contribution in [2.75, 3.05) is 12.4 Å². The van der Waals surface area contributed by atoms with Gasteiger partial charge in [-0.05, 0) is 68.2 Å². The Morgan fingerprint density at radius 3 is 2.51 bits per heavy atom. The predicted octanol–water partition coefficient (Wildman–Crippen LogP) is 3.32. The summed E-state index contributed by atoms with van der Waals surface area (Å²) in [6.07, 6.45) is 0.701. The number of aromatic nitrogens is 3. The maximum absolute atomic E-state index is 13.6. The third-order valence-electron chi connectivity index (χ3n) is 4.77. The molecule has 35 heavy (non-hydrogen) atoms. The minimum Gasteiger partial charge on any atom is -0.405 e. The second-order valence-corrected chi connectivity index (χ2v) is 9.04. The molecule has 0 bridgehead atoms. The van der Waals surface area contributed by atoms with E-state index in [9.17, 15) is 26.4 Å². The van der Waals surface area contributed by atoms with Crippen molar-refractivity contribution in [2.45, 2.75) is 18.0 Å². The van der Waals surface area contributed by atoms with Gasteiger partial charge in [0.25, 0.3) is 5.91 Å². The van der Waals surface area contributed by atoms with Crippen molar-refractivity contribution in [1.82, 2.24) is 19.5 Å². The quantitative estimate of drug-likeness (QED) is 0.421. The first-order valence-corrected chi connectivity index (χ1v) is 11.5. The van der Waals surface area contributed by atoms with Crippen LogP contribution in [0.25, 0.3) is 11.3 Å². The van der Waals surface area contributed by atoms with Gasteiger partial charge in [0.15, 0.2) is 0 Å². The Morgan fingerprint density at radius 2 is 1.91 bits per heavy atom. The molecule has 184 valence electrons. The van der Waals surface area contributed by atoms with Gasteiger partial charge < -0.3 is 11.1 Å². The molecule has 0 saturated heterocycles. The van der Waals surface area contributed by atoms with Crippen LogP contribution in [0.15, 0.2) is 71.9 Å². The highest BCUT2D eigenvalue weighted by molar-refractivity contribution is 7.89. The SMILES string of the molecule is CNS(=O)(=O)c1cccc(C(=O)Nc2ccc(-n3nc(/C(C)=C/C=C\N)cc3C(F)(F)F)cn2)c1. The van der Waals surface area contributed by atoms with Crippen LogP contribution in [0.5, 0.6) is 0 Å². The maximum Gasteiger partial charge on any atom is 0.433 e. The van der Waals surface area contributed by atoms with Crippen molar-refractivity contribution in [3.8, 4) is 5.69 Å². The molecule has 0 aliphatic carbocycles. The van der Waals surface area contributed by atoms with Crippen LogP contribution < -0.4 is 15.8 Å². The number of benzene rings is 1. The first-order valence-electron chi connectivity index (χ1n) is 10.0. The van der Waals surface area contributed by atoms with E-state index in [4.69, 9.17) is 5.73 Å². The molecule has 0 aliphatic rings. The highest BCUT2D eigenvalue weighted by atomic mass is 32.2. The number of nitrogens with one attached hydrogen (secondary N) is 2. The number of hydrogen-bond donors (Lipinski definition) is 3. The van der Waals surface area contributed by atoms with Crippen LogP contribution in [0.4, 0.5) is 19.0 Å². The maximum atomic E-state index is 13.6. The number of sulfonamides is 1. The average Bonchev–Trinajstić information content (AvgIpc) is 3.29. The van der Waals surface area contributed by atoms with E-state index in [0.717, 1.165) is 12.3 Å². The number of anilines is 1. The molecule has 1 aromatic carbocycles. The molecule has 0 unspecified atom stereocenters.